The van der Waals surface area contributed by atoms with Gasteiger partial charge < -0.3 is 4.57 Å². The van der Waals surface area contributed by atoms with Gasteiger partial charge in [0.2, 0.25) is 0 Å². The summed E-state index contributed by atoms with van der Waals surface area (Å²) in [6.07, 6.45) is 4.68. The van der Waals surface area contributed by atoms with Crippen molar-refractivity contribution in [3.05, 3.63) is 152 Å². The molecule has 0 aliphatic heterocycles. The van der Waals surface area contributed by atoms with E-state index in [1.54, 1.807) is 0 Å². The molecule has 1 atom stereocenters. The highest BCUT2D eigenvalue weighted by Gasteiger charge is 2.23. The topological polar surface area (TPSA) is 53.5 Å². The van der Waals surface area contributed by atoms with E-state index in [-0.39, 0.29) is 6.04 Å². The molecular weight excluding hydrogens is 637 g/mol. The fourth-order valence-corrected chi connectivity index (χ4v) is 7.64. The van der Waals surface area contributed by atoms with Gasteiger partial charge in [0.15, 0.2) is 0 Å². The molecule has 0 radical (unpaired) electrons. The minimum absolute atomic E-state index is 0.267. The van der Waals surface area contributed by atoms with Crippen LogP contribution in [0.4, 0.5) is 0 Å². The highest BCUT2D eigenvalue weighted by atomic mass is 15.1. The lowest BCUT2D eigenvalue weighted by atomic mass is 10.0. The van der Waals surface area contributed by atoms with Crippen LogP contribution in [0.2, 0.25) is 0 Å². The highest BCUT2D eigenvalue weighted by molar-refractivity contribution is 5.89. The molecule has 0 bridgehead atoms. The van der Waals surface area contributed by atoms with Crippen LogP contribution in [0.25, 0.3) is 78.6 Å². The molecule has 254 valence electrons. The Morgan fingerprint density at radius 3 is 1.37 bits per heavy atom. The molecule has 6 nitrogen and oxygen atoms in total. The van der Waals surface area contributed by atoms with Gasteiger partial charge in [-0.3, -0.25) is 9.13 Å². The van der Waals surface area contributed by atoms with Crippen molar-refractivity contribution in [1.82, 2.24) is 28.7 Å². The average Bonchev–Trinajstić information content (AvgIpc) is 3.91. The number of aromatic nitrogens is 6. The summed E-state index contributed by atoms with van der Waals surface area (Å²) < 4.78 is 7.00. The zero-order valence-electron chi connectivity index (χ0n) is 29.5. The van der Waals surface area contributed by atoms with E-state index in [1.165, 1.54) is 19.3 Å². The maximum atomic E-state index is 5.36. The predicted molar refractivity (Wildman–Crippen MR) is 214 cm³/mol. The monoisotopic (exact) mass is 676 g/mol. The maximum Gasteiger partial charge on any atom is 0.145 e. The Bertz CT molecular complexity index is 2530. The van der Waals surface area contributed by atoms with E-state index in [2.05, 4.69) is 179 Å². The minimum atomic E-state index is 0.267. The molecule has 0 amide bonds. The Hall–Kier alpha value is -6.27. The number of imidazole rings is 3. The van der Waals surface area contributed by atoms with E-state index >= 15 is 0 Å². The molecule has 0 saturated heterocycles. The van der Waals surface area contributed by atoms with Crippen molar-refractivity contribution in [2.75, 3.05) is 0 Å². The van der Waals surface area contributed by atoms with Crippen LogP contribution in [-0.4, -0.2) is 28.7 Å². The van der Waals surface area contributed by atoms with Gasteiger partial charge in [-0.05, 0) is 92.2 Å². The summed E-state index contributed by atoms with van der Waals surface area (Å²) in [7, 11) is 0. The Morgan fingerprint density at radius 2 is 0.865 bits per heavy atom. The number of benzene rings is 6. The Kier molecular flexibility index (Phi) is 8.20. The van der Waals surface area contributed by atoms with E-state index < -0.39 is 0 Å². The van der Waals surface area contributed by atoms with Gasteiger partial charge in [-0.2, -0.15) is 0 Å². The van der Waals surface area contributed by atoms with Gasteiger partial charge >= 0.3 is 0 Å². The Balaban J connectivity index is 1.35. The van der Waals surface area contributed by atoms with E-state index in [0.717, 1.165) is 85.1 Å². The third-order valence-electron chi connectivity index (χ3n) is 10.1. The summed E-state index contributed by atoms with van der Waals surface area (Å²) in [4.78, 5) is 16.0. The van der Waals surface area contributed by atoms with E-state index in [0.29, 0.717) is 0 Å². The van der Waals surface area contributed by atoms with Crippen molar-refractivity contribution in [3.63, 3.8) is 0 Å². The van der Waals surface area contributed by atoms with Crippen LogP contribution in [0.15, 0.2) is 152 Å². The molecule has 6 aromatic carbocycles. The largest absolute Gasteiger partial charge is 0.321 e. The van der Waals surface area contributed by atoms with Crippen molar-refractivity contribution in [2.45, 2.75) is 45.6 Å². The van der Waals surface area contributed by atoms with Gasteiger partial charge in [0, 0.05) is 34.1 Å². The molecule has 0 spiro atoms. The number of fused-ring (bicyclic) bond motifs is 3. The number of rotatable bonds is 10. The summed E-state index contributed by atoms with van der Waals surface area (Å²) in [5.41, 5.74) is 11.3. The number of nitrogens with zero attached hydrogens (tertiary/aromatic N) is 6. The molecule has 6 heteroatoms. The zero-order chi connectivity index (χ0) is 35.0. The Morgan fingerprint density at radius 1 is 0.462 bits per heavy atom. The zero-order valence-corrected chi connectivity index (χ0v) is 29.5. The second-order valence-electron chi connectivity index (χ2n) is 13.6. The third kappa shape index (κ3) is 5.57. The van der Waals surface area contributed by atoms with Crippen LogP contribution < -0.4 is 0 Å². The normalized spacial score (nSPS) is 12.3. The molecule has 9 rings (SSSR count). The summed E-state index contributed by atoms with van der Waals surface area (Å²) in [6, 6.07) is 53.4. The number of unbranched alkanes of at least 4 members (excludes halogenated alkanes) is 2. The first kappa shape index (κ1) is 31.7. The maximum absolute atomic E-state index is 5.36. The first-order chi connectivity index (χ1) is 25.7. The first-order valence-corrected chi connectivity index (χ1v) is 18.4. The van der Waals surface area contributed by atoms with Crippen molar-refractivity contribution in [2.24, 2.45) is 0 Å². The van der Waals surface area contributed by atoms with E-state index in [9.17, 15) is 0 Å². The standard InChI is InChI=1S/C46H40N6/c1-3-4-7-18-32(2)50-41-26-15-12-23-38(41)47-44(50)33-29-34(45-48-39-24-13-16-27-42(39)51(45)36-19-8-5-9-20-36)31-35(30-33)46-49-40-25-14-17-28-43(40)52(46)37-21-10-6-11-22-37/h5-6,8-17,19-32H,3-4,7,18H2,1-2H3. The quantitative estimate of drug-likeness (QED) is 0.135. The van der Waals surface area contributed by atoms with Crippen LogP contribution in [0.5, 0.6) is 0 Å². The molecule has 3 heterocycles. The van der Waals surface area contributed by atoms with Crippen LogP contribution in [0, 0.1) is 0 Å². The SMILES string of the molecule is CCCCCC(C)n1c(-c2cc(-c3nc4ccccc4n3-c3ccccc3)cc(-c3nc4ccccc4n3-c3ccccc3)c2)nc2ccccc21. The van der Waals surface area contributed by atoms with Crippen LogP contribution in [-0.2, 0) is 0 Å². The van der Waals surface area contributed by atoms with Crippen molar-refractivity contribution < 1.29 is 0 Å². The molecule has 1 unspecified atom stereocenters. The smallest absolute Gasteiger partial charge is 0.145 e. The molecule has 0 N–H and O–H groups in total. The lowest BCUT2D eigenvalue weighted by molar-refractivity contribution is 0.490. The van der Waals surface area contributed by atoms with Gasteiger partial charge in [-0.25, -0.2) is 15.0 Å². The molecule has 52 heavy (non-hydrogen) atoms. The highest BCUT2D eigenvalue weighted by Crippen LogP contribution is 2.39. The molecule has 0 fully saturated rings. The van der Waals surface area contributed by atoms with E-state index in [4.69, 9.17) is 15.0 Å². The van der Waals surface area contributed by atoms with Gasteiger partial charge in [0.25, 0.3) is 0 Å². The molecule has 0 aliphatic rings. The minimum Gasteiger partial charge on any atom is -0.321 e. The average molecular weight is 677 g/mol. The number of hydrogen-bond donors (Lipinski definition) is 0. The predicted octanol–water partition coefficient (Wildman–Crippen LogP) is 11.9. The fourth-order valence-electron chi connectivity index (χ4n) is 7.64. The number of hydrogen-bond acceptors (Lipinski definition) is 3. The molecule has 0 saturated carbocycles. The van der Waals surface area contributed by atoms with Gasteiger partial charge in [0.1, 0.15) is 17.5 Å². The summed E-state index contributed by atoms with van der Waals surface area (Å²) in [6.45, 7) is 4.60. The summed E-state index contributed by atoms with van der Waals surface area (Å²) in [5.74, 6) is 2.70. The lowest BCUT2D eigenvalue weighted by Gasteiger charge is -2.19. The van der Waals surface area contributed by atoms with Crippen LogP contribution >= 0.6 is 0 Å². The summed E-state index contributed by atoms with van der Waals surface area (Å²) >= 11 is 0. The van der Waals surface area contributed by atoms with Crippen molar-refractivity contribution in [1.29, 1.82) is 0 Å². The van der Waals surface area contributed by atoms with Crippen molar-refractivity contribution >= 4 is 33.1 Å². The van der Waals surface area contributed by atoms with Gasteiger partial charge in [-0.15, -0.1) is 0 Å². The second kappa shape index (κ2) is 13.5. The third-order valence-corrected chi connectivity index (χ3v) is 10.1. The fraction of sp³-hybridized carbons (Fsp3) is 0.152. The van der Waals surface area contributed by atoms with Crippen molar-refractivity contribution in [3.8, 4) is 45.5 Å². The molecule has 3 aromatic heterocycles. The van der Waals surface area contributed by atoms with Crippen LogP contribution in [0.3, 0.4) is 0 Å². The Labute approximate surface area is 303 Å². The van der Waals surface area contributed by atoms with E-state index in [1.807, 2.05) is 0 Å². The van der Waals surface area contributed by atoms with Crippen LogP contribution in [0.1, 0.15) is 45.6 Å². The second-order valence-corrected chi connectivity index (χ2v) is 13.6. The van der Waals surface area contributed by atoms with Gasteiger partial charge in [0.05, 0.1) is 33.1 Å². The first-order valence-electron chi connectivity index (χ1n) is 18.4. The summed E-state index contributed by atoms with van der Waals surface area (Å²) in [5, 5.41) is 0. The molecule has 0 aliphatic carbocycles. The number of para-hydroxylation sites is 8. The van der Waals surface area contributed by atoms with Gasteiger partial charge in [-0.1, -0.05) is 99.0 Å². The molecular formula is C46H40N6. The lowest BCUT2D eigenvalue weighted by Crippen LogP contribution is -2.08. The molecule has 9 aromatic rings.